The zero-order chi connectivity index (χ0) is 20.2. The number of nitrogens with one attached hydrogen (secondary N) is 1. The summed E-state index contributed by atoms with van der Waals surface area (Å²) in [5.74, 6) is 0.549. The molecule has 1 aliphatic rings. The molecule has 0 aliphatic heterocycles. The summed E-state index contributed by atoms with van der Waals surface area (Å²) < 4.78 is 0. The maximum Gasteiger partial charge on any atom is 0.221 e. The van der Waals surface area contributed by atoms with E-state index in [1.54, 1.807) is 6.92 Å². The van der Waals surface area contributed by atoms with Crippen LogP contribution in [0, 0.1) is 0 Å². The SMILES string of the molecule is CCN(c1cccc2ccccc12)C1CCCC(c2ccc(NC(C)=O)cc2)C1. The van der Waals surface area contributed by atoms with Crippen molar-refractivity contribution in [3.05, 3.63) is 72.3 Å². The van der Waals surface area contributed by atoms with Gasteiger partial charge in [0, 0.05) is 36.3 Å². The van der Waals surface area contributed by atoms with Gasteiger partial charge in [0.25, 0.3) is 0 Å². The summed E-state index contributed by atoms with van der Waals surface area (Å²) in [4.78, 5) is 13.9. The molecule has 2 atom stereocenters. The lowest BCUT2D eigenvalue weighted by molar-refractivity contribution is -0.114. The molecular formula is C26H30N2O. The van der Waals surface area contributed by atoms with Crippen molar-refractivity contribution in [2.75, 3.05) is 16.8 Å². The highest BCUT2D eigenvalue weighted by molar-refractivity contribution is 5.94. The molecule has 1 amide bonds. The van der Waals surface area contributed by atoms with E-state index in [1.807, 2.05) is 12.1 Å². The van der Waals surface area contributed by atoms with E-state index in [0.717, 1.165) is 12.2 Å². The Morgan fingerprint density at radius 3 is 2.52 bits per heavy atom. The second-order valence-corrected chi connectivity index (χ2v) is 8.10. The molecule has 29 heavy (non-hydrogen) atoms. The van der Waals surface area contributed by atoms with Crippen molar-refractivity contribution in [1.29, 1.82) is 0 Å². The van der Waals surface area contributed by atoms with E-state index in [9.17, 15) is 4.79 Å². The predicted molar refractivity (Wildman–Crippen MR) is 123 cm³/mol. The smallest absolute Gasteiger partial charge is 0.221 e. The average Bonchev–Trinajstić information content (AvgIpc) is 2.75. The lowest BCUT2D eigenvalue weighted by atomic mass is 9.80. The molecule has 0 aromatic heterocycles. The fraction of sp³-hybridized carbons (Fsp3) is 0.346. The molecule has 0 radical (unpaired) electrons. The Morgan fingerprint density at radius 1 is 1.00 bits per heavy atom. The van der Waals surface area contributed by atoms with Gasteiger partial charge >= 0.3 is 0 Å². The third-order valence-corrected chi connectivity index (χ3v) is 6.21. The number of carbonyl (C=O) groups excluding carboxylic acids is 1. The van der Waals surface area contributed by atoms with Crippen LogP contribution in [0.1, 0.15) is 51.0 Å². The number of hydrogen-bond acceptors (Lipinski definition) is 2. The Balaban J connectivity index is 1.56. The van der Waals surface area contributed by atoms with Crippen LogP contribution in [0.25, 0.3) is 10.8 Å². The molecule has 2 unspecified atom stereocenters. The molecule has 0 saturated heterocycles. The third-order valence-electron chi connectivity index (χ3n) is 6.21. The minimum Gasteiger partial charge on any atom is -0.368 e. The summed E-state index contributed by atoms with van der Waals surface area (Å²) >= 11 is 0. The van der Waals surface area contributed by atoms with Crippen LogP contribution in [-0.2, 0) is 4.79 Å². The van der Waals surface area contributed by atoms with Gasteiger partial charge in [-0.15, -0.1) is 0 Å². The number of nitrogens with zero attached hydrogens (tertiary/aromatic N) is 1. The minimum atomic E-state index is -0.0239. The molecule has 4 rings (SSSR count). The van der Waals surface area contributed by atoms with Crippen LogP contribution in [0.2, 0.25) is 0 Å². The Bertz CT molecular complexity index is 974. The van der Waals surface area contributed by atoms with Crippen LogP contribution in [0.3, 0.4) is 0 Å². The monoisotopic (exact) mass is 386 g/mol. The van der Waals surface area contributed by atoms with E-state index in [1.165, 1.54) is 47.7 Å². The number of rotatable bonds is 5. The molecule has 0 heterocycles. The fourth-order valence-electron chi connectivity index (χ4n) is 4.88. The largest absolute Gasteiger partial charge is 0.368 e. The average molecular weight is 387 g/mol. The first-order valence-electron chi connectivity index (χ1n) is 10.8. The van der Waals surface area contributed by atoms with Crippen molar-refractivity contribution in [2.45, 2.75) is 51.5 Å². The fourth-order valence-corrected chi connectivity index (χ4v) is 4.88. The van der Waals surface area contributed by atoms with Gasteiger partial charge in [-0.2, -0.15) is 0 Å². The van der Waals surface area contributed by atoms with E-state index in [2.05, 4.69) is 71.7 Å². The lowest BCUT2D eigenvalue weighted by Crippen LogP contribution is -2.38. The first kappa shape index (κ1) is 19.5. The Hall–Kier alpha value is -2.81. The highest BCUT2D eigenvalue weighted by Crippen LogP contribution is 2.38. The van der Waals surface area contributed by atoms with E-state index in [0.29, 0.717) is 12.0 Å². The summed E-state index contributed by atoms with van der Waals surface area (Å²) in [5.41, 5.74) is 3.62. The standard InChI is InChI=1S/C26H30N2O/c1-3-28(26-13-7-9-21-8-4-5-12-25(21)26)24-11-6-10-22(18-24)20-14-16-23(17-15-20)27-19(2)29/h4-5,7-9,12-17,22,24H,3,6,10-11,18H2,1-2H3,(H,27,29). The number of fused-ring (bicyclic) bond motifs is 1. The van der Waals surface area contributed by atoms with E-state index in [-0.39, 0.29) is 5.91 Å². The van der Waals surface area contributed by atoms with Crippen LogP contribution in [0.5, 0.6) is 0 Å². The zero-order valence-electron chi connectivity index (χ0n) is 17.4. The van der Waals surface area contributed by atoms with Crippen molar-refractivity contribution < 1.29 is 4.79 Å². The highest BCUT2D eigenvalue weighted by Gasteiger charge is 2.28. The van der Waals surface area contributed by atoms with Gasteiger partial charge in [-0.1, -0.05) is 55.0 Å². The lowest BCUT2D eigenvalue weighted by Gasteiger charge is -2.39. The summed E-state index contributed by atoms with van der Waals surface area (Å²) in [5, 5.41) is 5.52. The zero-order valence-corrected chi connectivity index (χ0v) is 17.4. The molecule has 3 aromatic carbocycles. The van der Waals surface area contributed by atoms with Gasteiger partial charge in [-0.25, -0.2) is 0 Å². The van der Waals surface area contributed by atoms with Gasteiger partial charge in [0.2, 0.25) is 5.91 Å². The Morgan fingerprint density at radius 2 is 1.76 bits per heavy atom. The van der Waals surface area contributed by atoms with Gasteiger partial charge in [-0.3, -0.25) is 4.79 Å². The Labute approximate surface area is 173 Å². The van der Waals surface area contributed by atoms with Crippen molar-refractivity contribution >= 4 is 28.1 Å². The molecule has 3 aromatic rings. The normalized spacial score (nSPS) is 19.1. The molecule has 1 fully saturated rings. The first-order chi connectivity index (χ1) is 14.2. The molecule has 0 spiro atoms. The molecule has 0 bridgehead atoms. The van der Waals surface area contributed by atoms with Crippen LogP contribution in [0.15, 0.2) is 66.7 Å². The van der Waals surface area contributed by atoms with Crippen LogP contribution < -0.4 is 10.2 Å². The number of anilines is 2. The van der Waals surface area contributed by atoms with Crippen molar-refractivity contribution in [3.63, 3.8) is 0 Å². The number of benzene rings is 3. The molecule has 1 aliphatic carbocycles. The van der Waals surface area contributed by atoms with E-state index < -0.39 is 0 Å². The maximum absolute atomic E-state index is 11.3. The molecule has 3 heteroatoms. The van der Waals surface area contributed by atoms with Crippen LogP contribution in [0.4, 0.5) is 11.4 Å². The molecule has 150 valence electrons. The molecule has 1 saturated carbocycles. The van der Waals surface area contributed by atoms with Crippen molar-refractivity contribution in [1.82, 2.24) is 0 Å². The number of carbonyl (C=O) groups is 1. The second kappa shape index (κ2) is 8.69. The second-order valence-electron chi connectivity index (χ2n) is 8.10. The first-order valence-corrected chi connectivity index (χ1v) is 10.8. The van der Waals surface area contributed by atoms with Gasteiger partial charge in [0.05, 0.1) is 0 Å². The van der Waals surface area contributed by atoms with Gasteiger partial charge in [-0.05, 0) is 61.3 Å². The maximum atomic E-state index is 11.3. The van der Waals surface area contributed by atoms with E-state index >= 15 is 0 Å². The Kier molecular flexibility index (Phi) is 5.84. The summed E-state index contributed by atoms with van der Waals surface area (Å²) in [7, 11) is 0. The highest BCUT2D eigenvalue weighted by atomic mass is 16.1. The predicted octanol–water partition coefficient (Wildman–Crippen LogP) is 6.35. The number of amides is 1. The van der Waals surface area contributed by atoms with Gasteiger partial charge in [0.15, 0.2) is 0 Å². The van der Waals surface area contributed by atoms with Crippen LogP contribution in [-0.4, -0.2) is 18.5 Å². The summed E-state index contributed by atoms with van der Waals surface area (Å²) in [6, 6.07) is 24.3. The molecule has 3 nitrogen and oxygen atoms in total. The van der Waals surface area contributed by atoms with Crippen molar-refractivity contribution in [2.24, 2.45) is 0 Å². The molecule has 1 N–H and O–H groups in total. The van der Waals surface area contributed by atoms with E-state index in [4.69, 9.17) is 0 Å². The topological polar surface area (TPSA) is 32.3 Å². The third kappa shape index (κ3) is 4.29. The van der Waals surface area contributed by atoms with Crippen LogP contribution >= 0.6 is 0 Å². The molecular weight excluding hydrogens is 356 g/mol. The van der Waals surface area contributed by atoms with Gasteiger partial charge < -0.3 is 10.2 Å². The number of hydrogen-bond donors (Lipinski definition) is 1. The summed E-state index contributed by atoms with van der Waals surface area (Å²) in [6.45, 7) is 4.84. The quantitative estimate of drug-likeness (QED) is 0.554. The van der Waals surface area contributed by atoms with Gasteiger partial charge in [0.1, 0.15) is 0 Å². The minimum absolute atomic E-state index is 0.0239. The van der Waals surface area contributed by atoms with Crippen molar-refractivity contribution in [3.8, 4) is 0 Å². The summed E-state index contributed by atoms with van der Waals surface area (Å²) in [6.07, 6.45) is 4.92.